The second-order valence-corrected chi connectivity index (χ2v) is 6.58. The van der Waals surface area contributed by atoms with Crippen LogP contribution in [0.1, 0.15) is 91.4 Å². The first kappa shape index (κ1) is 35.2. The van der Waals surface area contributed by atoms with Crippen molar-refractivity contribution in [1.82, 2.24) is 0 Å². The minimum atomic E-state index is -5.17. The molecule has 0 bridgehead atoms. The van der Waals surface area contributed by atoms with Gasteiger partial charge in [0.2, 0.25) is 0 Å². The first-order valence-electron chi connectivity index (χ1n) is 8.92. The fraction of sp³-hybridized carbons (Fsp3) is 1.00. The summed E-state index contributed by atoms with van der Waals surface area (Å²) < 4.78 is 34.1. The van der Waals surface area contributed by atoms with Gasteiger partial charge in [0, 0.05) is 10.4 Å². The van der Waals surface area contributed by atoms with E-state index in [1.54, 1.807) is 0 Å². The predicted molar refractivity (Wildman–Crippen MR) is 90.2 cm³/mol. The molecule has 0 amide bonds. The van der Waals surface area contributed by atoms with Crippen molar-refractivity contribution in [3.8, 4) is 0 Å². The Hall–Kier alpha value is 1.75. The van der Waals surface area contributed by atoms with Crippen molar-refractivity contribution in [2.24, 2.45) is 0 Å². The summed E-state index contributed by atoms with van der Waals surface area (Å²) in [4.78, 5) is 9.72. The molecule has 0 saturated heterocycles. The number of hydrogen-bond acceptors (Lipinski definition) is 7. The maximum atomic E-state index is 8.52. The third-order valence-corrected chi connectivity index (χ3v) is 3.33. The average molecular weight is 416 g/mol. The summed E-state index contributed by atoms with van der Waals surface area (Å²) in [5.74, 6) is 0. The van der Waals surface area contributed by atoms with Gasteiger partial charge in [0.15, 0.2) is 0 Å². The van der Waals surface area contributed by atoms with Crippen molar-refractivity contribution < 1.29 is 91.5 Å². The van der Waals surface area contributed by atoms with Crippen LogP contribution in [-0.2, 0) is 25.2 Å². The Morgan fingerprint density at radius 1 is 0.808 bits per heavy atom. The molecule has 0 N–H and O–H groups in total. The van der Waals surface area contributed by atoms with Crippen molar-refractivity contribution >= 4 is 10.4 Å². The third kappa shape index (κ3) is 44.9. The van der Waals surface area contributed by atoms with E-state index in [0.717, 1.165) is 6.42 Å². The van der Waals surface area contributed by atoms with Gasteiger partial charge in [-0.2, -0.15) is 0 Å². The minimum absolute atomic E-state index is 0. The largest absolute Gasteiger partial charge is 1.00 e. The van der Waals surface area contributed by atoms with E-state index in [-0.39, 0.29) is 65.2 Å². The van der Waals surface area contributed by atoms with Crippen molar-refractivity contribution in [3.05, 3.63) is 0 Å². The van der Waals surface area contributed by atoms with Gasteiger partial charge in [0.05, 0.1) is 12.7 Å². The summed E-state index contributed by atoms with van der Waals surface area (Å²) in [6, 6.07) is 0. The Balaban J connectivity index is -0.000000304. The molecule has 26 heavy (non-hydrogen) atoms. The summed E-state index contributed by atoms with van der Waals surface area (Å²) in [7, 11) is -5.17. The molecule has 0 radical (unpaired) electrons. The van der Waals surface area contributed by atoms with E-state index >= 15 is 0 Å². The van der Waals surface area contributed by atoms with E-state index in [2.05, 4.69) is 16.8 Å². The van der Waals surface area contributed by atoms with Gasteiger partial charge in [-0.3, -0.25) is 8.42 Å². The molecular formula is C16H34Na2O7S. The molecular weight excluding hydrogens is 382 g/mol. The molecule has 0 aromatic rings. The maximum Gasteiger partial charge on any atom is 1.00 e. The van der Waals surface area contributed by atoms with Crippen molar-refractivity contribution in [1.29, 1.82) is 0 Å². The molecule has 0 spiro atoms. The fourth-order valence-electron chi connectivity index (χ4n) is 2.11. The van der Waals surface area contributed by atoms with E-state index in [1.807, 2.05) is 13.8 Å². The van der Waals surface area contributed by atoms with Crippen molar-refractivity contribution in [2.75, 3.05) is 6.61 Å². The smallest absolute Gasteiger partial charge is 0.759 e. The molecule has 0 aliphatic rings. The fourth-order valence-corrected chi connectivity index (χ4v) is 2.11. The van der Waals surface area contributed by atoms with Gasteiger partial charge < -0.3 is 9.11 Å². The normalized spacial score (nSPS) is 11.6. The Morgan fingerprint density at radius 3 is 1.58 bits per heavy atom. The molecule has 10 heteroatoms. The van der Waals surface area contributed by atoms with E-state index in [9.17, 15) is 0 Å². The number of hydrogen-bond donors (Lipinski definition) is 0. The van der Waals surface area contributed by atoms with Crippen LogP contribution in [0.25, 0.3) is 0 Å². The quantitative estimate of drug-likeness (QED) is 0.0778. The molecule has 0 aromatic heterocycles. The van der Waals surface area contributed by atoms with Crippen LogP contribution in [0.4, 0.5) is 0 Å². The van der Waals surface area contributed by atoms with Gasteiger partial charge in [-0.15, -0.1) is 0 Å². The Morgan fingerprint density at radius 2 is 1.19 bits per heavy atom. The molecule has 7 nitrogen and oxygen atoms in total. The molecule has 0 fully saturated rings. The Bertz CT molecular complexity index is 335. The molecule has 0 aliphatic carbocycles. The molecule has 0 aliphatic heterocycles. The second kappa shape index (κ2) is 26.8. The van der Waals surface area contributed by atoms with E-state index < -0.39 is 10.4 Å². The van der Waals surface area contributed by atoms with E-state index in [4.69, 9.17) is 22.4 Å². The third-order valence-electron chi connectivity index (χ3n) is 3.33. The van der Waals surface area contributed by atoms with Gasteiger partial charge in [-0.1, -0.05) is 76.2 Å². The van der Waals surface area contributed by atoms with Crippen LogP contribution in [-0.4, -0.2) is 30.2 Å². The zero-order valence-corrected chi connectivity index (χ0v) is 22.1. The summed E-state index contributed by atoms with van der Waals surface area (Å²) >= 11 is 0. The number of rotatable bonds is 15. The molecule has 1 unspecified atom stereocenters. The predicted octanol–water partition coefficient (Wildman–Crippen LogP) is -1.74. The van der Waals surface area contributed by atoms with Crippen LogP contribution in [0.15, 0.2) is 0 Å². The van der Waals surface area contributed by atoms with Crippen LogP contribution in [0.3, 0.4) is 0 Å². The van der Waals surface area contributed by atoms with E-state index in [0.29, 0.717) is 6.61 Å². The van der Waals surface area contributed by atoms with Crippen molar-refractivity contribution in [2.45, 2.75) is 97.5 Å². The molecule has 1 atom stereocenters. The van der Waals surface area contributed by atoms with Crippen LogP contribution in [0, 0.1) is 0 Å². The van der Waals surface area contributed by atoms with Crippen LogP contribution in [0.5, 0.6) is 0 Å². The number of unbranched alkanes of at least 4 members (excludes halogenated alkanes) is 9. The molecule has 148 valence electrons. The summed E-state index contributed by atoms with van der Waals surface area (Å²) in [6.07, 6.45) is 14.8. The Kier molecular flexibility index (Phi) is 36.2. The first-order chi connectivity index (χ1) is 11.3. The minimum Gasteiger partial charge on any atom is -0.759 e. The van der Waals surface area contributed by atoms with Gasteiger partial charge in [0.25, 0.3) is 0 Å². The topological polar surface area (TPSA) is 108 Å². The zero-order chi connectivity index (χ0) is 18.7. The van der Waals surface area contributed by atoms with Crippen molar-refractivity contribution in [3.63, 3.8) is 0 Å². The molecule has 0 saturated carbocycles. The SMILES string of the molecule is CCCCCCCCCCCCC(C)OOOCC.O=S(=O)([O-])[O-].[Na+].[Na+]. The molecule has 0 aromatic carbocycles. The van der Waals surface area contributed by atoms with Gasteiger partial charge >= 0.3 is 59.1 Å². The average Bonchev–Trinajstić information content (AvgIpc) is 2.48. The zero-order valence-electron chi connectivity index (χ0n) is 17.3. The maximum absolute atomic E-state index is 8.52. The first-order valence-corrected chi connectivity index (χ1v) is 10.3. The van der Waals surface area contributed by atoms with Gasteiger partial charge in [-0.05, 0) is 20.3 Å². The molecule has 0 rings (SSSR count). The van der Waals surface area contributed by atoms with Crippen LogP contribution in [0.2, 0.25) is 0 Å². The Labute approximate surface area is 204 Å². The van der Waals surface area contributed by atoms with Crippen LogP contribution < -0.4 is 59.1 Å². The van der Waals surface area contributed by atoms with E-state index in [1.165, 1.54) is 64.2 Å². The van der Waals surface area contributed by atoms with Crippen LogP contribution >= 0.6 is 0 Å². The summed E-state index contributed by atoms with van der Waals surface area (Å²) in [5.41, 5.74) is 0. The standard InChI is InChI=1S/C16H34O3.2Na.H2O4S/c1-4-6-7-8-9-10-11-12-13-14-15-16(3)18-19-17-5-2;;;1-5(2,3)4/h16H,4-15H2,1-3H3;;;(H2,1,2,3,4)/q;2*+1;/p-2. The second-order valence-electron chi connectivity index (χ2n) is 5.76. The van der Waals surface area contributed by atoms with Gasteiger partial charge in [-0.25, -0.2) is 9.78 Å². The molecule has 0 heterocycles. The summed E-state index contributed by atoms with van der Waals surface area (Å²) in [5, 5.41) is 4.59. The summed E-state index contributed by atoms with van der Waals surface area (Å²) in [6.45, 7) is 6.68. The monoisotopic (exact) mass is 416 g/mol. The van der Waals surface area contributed by atoms with Gasteiger partial charge in [0.1, 0.15) is 0 Å².